The maximum absolute atomic E-state index is 11.3. The van der Waals surface area contributed by atoms with E-state index in [1.165, 1.54) is 12.1 Å². The van der Waals surface area contributed by atoms with Gasteiger partial charge in [0, 0.05) is 5.69 Å². The fraction of sp³-hybridized carbons (Fsp3) is 0.200. The molecule has 1 aromatic carbocycles. The summed E-state index contributed by atoms with van der Waals surface area (Å²) in [5.41, 5.74) is 0.191. The molecule has 0 heterocycles. The first kappa shape index (κ1) is 13.6. The summed E-state index contributed by atoms with van der Waals surface area (Å²) >= 11 is 11.3. The van der Waals surface area contributed by atoms with Crippen molar-refractivity contribution >= 4 is 40.8 Å². The molecule has 1 rings (SSSR count). The number of rotatable bonds is 2. The van der Waals surface area contributed by atoms with E-state index in [1.54, 1.807) is 6.92 Å². The van der Waals surface area contributed by atoms with Crippen molar-refractivity contribution in [3.63, 3.8) is 0 Å². The van der Waals surface area contributed by atoms with Crippen molar-refractivity contribution in [3.8, 4) is 5.75 Å². The molecule has 0 saturated carbocycles. The van der Waals surface area contributed by atoms with Crippen LogP contribution in [0.25, 0.3) is 0 Å². The van der Waals surface area contributed by atoms with Gasteiger partial charge in [-0.3, -0.25) is 4.79 Å². The summed E-state index contributed by atoms with van der Waals surface area (Å²) in [6, 6.07) is 2.53. The topological polar surface area (TPSA) is 75.6 Å². The molecule has 0 aromatic heterocycles. The van der Waals surface area contributed by atoms with Gasteiger partial charge in [-0.15, -0.1) is 0 Å². The Labute approximate surface area is 107 Å². The SMILES string of the molecule is CCOC(=O)C(=O)Nc1cc(Cl)c(O)c(Cl)c1. The number of halogens is 2. The molecule has 0 fully saturated rings. The van der Waals surface area contributed by atoms with Crippen molar-refractivity contribution < 1.29 is 19.4 Å². The van der Waals surface area contributed by atoms with Crippen molar-refractivity contribution in [3.05, 3.63) is 22.2 Å². The number of hydrogen-bond donors (Lipinski definition) is 2. The van der Waals surface area contributed by atoms with E-state index in [4.69, 9.17) is 23.2 Å². The lowest BCUT2D eigenvalue weighted by Crippen LogP contribution is -2.24. The highest BCUT2D eigenvalue weighted by Crippen LogP contribution is 2.34. The van der Waals surface area contributed by atoms with Crippen LogP contribution < -0.4 is 5.32 Å². The smallest absolute Gasteiger partial charge is 0.397 e. The molecule has 0 atom stereocenters. The average molecular weight is 278 g/mol. The molecule has 92 valence electrons. The van der Waals surface area contributed by atoms with Crippen molar-refractivity contribution in [1.82, 2.24) is 0 Å². The lowest BCUT2D eigenvalue weighted by atomic mass is 10.3. The van der Waals surface area contributed by atoms with Crippen LogP contribution in [-0.4, -0.2) is 23.6 Å². The number of carbonyl (C=O) groups excluding carboxylic acids is 2. The Kier molecular flexibility index (Phi) is 4.60. The van der Waals surface area contributed by atoms with Gasteiger partial charge in [-0.2, -0.15) is 0 Å². The number of ether oxygens (including phenoxy) is 1. The van der Waals surface area contributed by atoms with E-state index in [1.807, 2.05) is 0 Å². The number of esters is 1. The summed E-state index contributed by atoms with van der Waals surface area (Å²) in [5.74, 6) is -2.24. The zero-order valence-electron chi connectivity index (χ0n) is 8.79. The van der Waals surface area contributed by atoms with Crippen LogP contribution in [0, 0.1) is 0 Å². The Morgan fingerprint density at radius 1 is 1.35 bits per heavy atom. The molecule has 0 spiro atoms. The van der Waals surface area contributed by atoms with Crippen molar-refractivity contribution in [2.24, 2.45) is 0 Å². The maximum Gasteiger partial charge on any atom is 0.397 e. The highest BCUT2D eigenvalue weighted by Gasteiger charge is 2.16. The molecule has 0 aliphatic carbocycles. The first-order valence-corrected chi connectivity index (χ1v) is 5.37. The van der Waals surface area contributed by atoms with Crippen LogP contribution in [0.5, 0.6) is 5.75 Å². The number of hydrogen-bond acceptors (Lipinski definition) is 4. The van der Waals surface area contributed by atoms with E-state index in [-0.39, 0.29) is 28.1 Å². The molecule has 1 amide bonds. The van der Waals surface area contributed by atoms with Crippen LogP contribution in [0.3, 0.4) is 0 Å². The number of carbonyl (C=O) groups is 2. The Morgan fingerprint density at radius 2 is 1.88 bits per heavy atom. The van der Waals surface area contributed by atoms with E-state index >= 15 is 0 Å². The van der Waals surface area contributed by atoms with E-state index in [0.29, 0.717) is 0 Å². The number of anilines is 1. The lowest BCUT2D eigenvalue weighted by Gasteiger charge is -2.07. The molecule has 0 aliphatic heterocycles. The van der Waals surface area contributed by atoms with Crippen molar-refractivity contribution in [1.29, 1.82) is 0 Å². The van der Waals surface area contributed by atoms with E-state index in [9.17, 15) is 14.7 Å². The monoisotopic (exact) mass is 277 g/mol. The largest absolute Gasteiger partial charge is 0.505 e. The molecule has 0 bridgehead atoms. The molecule has 17 heavy (non-hydrogen) atoms. The molecular weight excluding hydrogens is 269 g/mol. The first-order chi connectivity index (χ1) is 7.95. The number of phenolic OH excluding ortho intramolecular Hbond substituents is 1. The molecule has 1 aromatic rings. The van der Waals surface area contributed by atoms with Crippen LogP contribution in [0.15, 0.2) is 12.1 Å². The quantitative estimate of drug-likeness (QED) is 0.494. The highest BCUT2D eigenvalue weighted by molar-refractivity contribution is 6.39. The van der Waals surface area contributed by atoms with Crippen molar-refractivity contribution in [2.45, 2.75) is 6.92 Å². The molecule has 0 aliphatic rings. The molecule has 0 saturated heterocycles. The second-order valence-electron chi connectivity index (χ2n) is 2.96. The Bertz CT molecular complexity index is 439. The average Bonchev–Trinajstić information content (AvgIpc) is 2.26. The van der Waals surface area contributed by atoms with Gasteiger partial charge in [0.15, 0.2) is 5.75 Å². The van der Waals surface area contributed by atoms with Gasteiger partial charge < -0.3 is 15.2 Å². The fourth-order valence-corrected chi connectivity index (χ4v) is 1.50. The minimum atomic E-state index is -1.01. The van der Waals surface area contributed by atoms with Gasteiger partial charge in [-0.1, -0.05) is 23.2 Å². The second kappa shape index (κ2) is 5.75. The van der Waals surface area contributed by atoms with Gasteiger partial charge in [0.05, 0.1) is 16.7 Å². The van der Waals surface area contributed by atoms with Gasteiger partial charge in [0.1, 0.15) is 0 Å². The van der Waals surface area contributed by atoms with E-state index in [0.717, 1.165) is 0 Å². The minimum absolute atomic E-state index is 0.0309. The molecule has 2 N–H and O–H groups in total. The third-order valence-electron chi connectivity index (χ3n) is 1.74. The van der Waals surface area contributed by atoms with Crippen LogP contribution in [0.2, 0.25) is 10.0 Å². The number of nitrogens with one attached hydrogen (secondary N) is 1. The lowest BCUT2D eigenvalue weighted by molar-refractivity contribution is -0.152. The Hall–Kier alpha value is -1.46. The maximum atomic E-state index is 11.3. The van der Waals surface area contributed by atoms with Crippen LogP contribution >= 0.6 is 23.2 Å². The van der Waals surface area contributed by atoms with Gasteiger partial charge in [0.2, 0.25) is 0 Å². The number of benzene rings is 1. The summed E-state index contributed by atoms with van der Waals surface area (Å²) in [7, 11) is 0. The predicted octanol–water partition coefficient (Wildman–Crippen LogP) is 2.20. The number of aromatic hydroxyl groups is 1. The standard InChI is InChI=1S/C10H9Cl2NO4/c1-2-17-10(16)9(15)13-5-3-6(11)8(14)7(12)4-5/h3-4,14H,2H2,1H3,(H,13,15). The highest BCUT2D eigenvalue weighted by atomic mass is 35.5. The molecule has 0 unspecified atom stereocenters. The number of phenols is 1. The zero-order chi connectivity index (χ0) is 13.0. The molecule has 7 heteroatoms. The second-order valence-corrected chi connectivity index (χ2v) is 3.78. The van der Waals surface area contributed by atoms with E-state index < -0.39 is 11.9 Å². The molecule has 5 nitrogen and oxygen atoms in total. The minimum Gasteiger partial charge on any atom is -0.505 e. The third-order valence-corrected chi connectivity index (χ3v) is 2.31. The van der Waals surface area contributed by atoms with Crippen molar-refractivity contribution in [2.75, 3.05) is 11.9 Å². The normalized spacial score (nSPS) is 9.82. The van der Waals surface area contributed by atoms with Crippen LogP contribution in [0.4, 0.5) is 5.69 Å². The summed E-state index contributed by atoms with van der Waals surface area (Å²) in [5, 5.41) is 11.5. The summed E-state index contributed by atoms with van der Waals surface area (Å²) < 4.78 is 4.49. The van der Waals surface area contributed by atoms with Crippen LogP contribution in [0.1, 0.15) is 6.92 Å². The molecule has 0 radical (unpaired) electrons. The first-order valence-electron chi connectivity index (χ1n) is 4.61. The summed E-state index contributed by atoms with van der Waals surface area (Å²) in [6.07, 6.45) is 0. The summed E-state index contributed by atoms with van der Waals surface area (Å²) in [6.45, 7) is 1.68. The molecular formula is C10H9Cl2NO4. The fourth-order valence-electron chi connectivity index (χ4n) is 1.02. The Morgan fingerprint density at radius 3 is 2.35 bits per heavy atom. The predicted molar refractivity (Wildman–Crippen MR) is 63.4 cm³/mol. The van der Waals surface area contributed by atoms with Gasteiger partial charge in [0.25, 0.3) is 0 Å². The van der Waals surface area contributed by atoms with Gasteiger partial charge >= 0.3 is 11.9 Å². The van der Waals surface area contributed by atoms with Gasteiger partial charge in [-0.25, -0.2) is 4.79 Å². The summed E-state index contributed by atoms with van der Waals surface area (Å²) in [4.78, 5) is 22.3. The van der Waals surface area contributed by atoms with E-state index in [2.05, 4.69) is 10.1 Å². The third kappa shape index (κ3) is 3.51. The Balaban J connectivity index is 2.82. The van der Waals surface area contributed by atoms with Crippen LogP contribution in [-0.2, 0) is 14.3 Å². The number of amides is 1. The zero-order valence-corrected chi connectivity index (χ0v) is 10.3. The van der Waals surface area contributed by atoms with Gasteiger partial charge in [-0.05, 0) is 19.1 Å².